The van der Waals surface area contributed by atoms with Crippen molar-refractivity contribution in [2.45, 2.75) is 20.0 Å². The first kappa shape index (κ1) is 23.8. The zero-order valence-corrected chi connectivity index (χ0v) is 19.7. The Kier molecular flexibility index (Phi) is 7.27. The smallest absolute Gasteiger partial charge is 0.341 e. The van der Waals surface area contributed by atoms with Gasteiger partial charge in [-0.1, -0.05) is 30.3 Å². The fourth-order valence-electron chi connectivity index (χ4n) is 3.05. The van der Waals surface area contributed by atoms with Crippen molar-refractivity contribution in [2.24, 2.45) is 0 Å². The molecule has 0 fully saturated rings. The van der Waals surface area contributed by atoms with E-state index in [1.807, 2.05) is 30.3 Å². The number of thiophene rings is 1. The van der Waals surface area contributed by atoms with Crippen molar-refractivity contribution in [3.05, 3.63) is 78.5 Å². The van der Waals surface area contributed by atoms with E-state index in [0.29, 0.717) is 10.8 Å². The molecular weight excluding hydrogens is 470 g/mol. The number of nitrogens with one attached hydrogen (secondary N) is 1. The molecule has 3 aromatic heterocycles. The van der Waals surface area contributed by atoms with Crippen LogP contribution >= 0.6 is 11.3 Å². The molecule has 3 heterocycles. The molecule has 1 aromatic carbocycles. The monoisotopic (exact) mass is 491 g/mol. The van der Waals surface area contributed by atoms with Gasteiger partial charge in [-0.3, -0.25) is 4.79 Å². The normalized spacial score (nSPS) is 11.5. The van der Waals surface area contributed by atoms with Crippen molar-refractivity contribution in [3.8, 4) is 16.3 Å². The van der Waals surface area contributed by atoms with E-state index in [4.69, 9.17) is 9.47 Å². The summed E-state index contributed by atoms with van der Waals surface area (Å²) in [4.78, 5) is 46.6. The molecule has 0 saturated heterocycles. The molecule has 0 aliphatic rings. The highest BCUT2D eigenvalue weighted by Gasteiger charge is 2.24. The predicted octanol–water partition coefficient (Wildman–Crippen LogP) is 3.75. The van der Waals surface area contributed by atoms with Gasteiger partial charge in [-0.05, 0) is 37.6 Å². The van der Waals surface area contributed by atoms with Gasteiger partial charge in [0.05, 0.1) is 17.7 Å². The van der Waals surface area contributed by atoms with E-state index in [1.165, 1.54) is 47.9 Å². The van der Waals surface area contributed by atoms with E-state index >= 15 is 0 Å². The molecule has 1 atom stereocenters. The van der Waals surface area contributed by atoms with Crippen LogP contribution in [0.1, 0.15) is 34.6 Å². The summed E-state index contributed by atoms with van der Waals surface area (Å²) in [6, 6.07) is 14.2. The second kappa shape index (κ2) is 10.7. The number of carbonyl (C=O) groups is 3. The fourth-order valence-corrected chi connectivity index (χ4v) is 4.11. The number of aromatic nitrogens is 4. The van der Waals surface area contributed by atoms with Crippen molar-refractivity contribution in [3.63, 3.8) is 0 Å². The first-order valence-electron chi connectivity index (χ1n) is 10.7. The Balaban J connectivity index is 1.46. The van der Waals surface area contributed by atoms with E-state index in [1.54, 1.807) is 19.1 Å². The fraction of sp³-hybridized carbons (Fsp3) is 0.167. The molecule has 1 amide bonds. The van der Waals surface area contributed by atoms with Crippen LogP contribution in [0.2, 0.25) is 0 Å². The molecule has 0 saturated carbocycles. The summed E-state index contributed by atoms with van der Waals surface area (Å²) in [7, 11) is 0. The van der Waals surface area contributed by atoms with Gasteiger partial charge in [-0.15, -0.1) is 11.3 Å². The van der Waals surface area contributed by atoms with Crippen LogP contribution in [0.3, 0.4) is 0 Å². The van der Waals surface area contributed by atoms with E-state index in [2.05, 4.69) is 20.4 Å². The summed E-state index contributed by atoms with van der Waals surface area (Å²) in [5.41, 5.74) is 1.29. The Labute approximate surface area is 204 Å². The van der Waals surface area contributed by atoms with Crippen LogP contribution in [0, 0.1) is 0 Å². The molecule has 4 rings (SSSR count). The van der Waals surface area contributed by atoms with Crippen molar-refractivity contribution in [1.29, 1.82) is 0 Å². The predicted molar refractivity (Wildman–Crippen MR) is 128 cm³/mol. The topological polar surface area (TPSA) is 125 Å². The van der Waals surface area contributed by atoms with Crippen molar-refractivity contribution >= 4 is 34.2 Å². The van der Waals surface area contributed by atoms with Gasteiger partial charge in [0.2, 0.25) is 0 Å². The minimum absolute atomic E-state index is 0.170. The first-order chi connectivity index (χ1) is 17.0. The first-order valence-corrected chi connectivity index (χ1v) is 11.5. The van der Waals surface area contributed by atoms with Gasteiger partial charge in [0.15, 0.2) is 11.9 Å². The number of ether oxygens (including phenoxy) is 2. The number of anilines is 1. The average molecular weight is 492 g/mol. The van der Waals surface area contributed by atoms with E-state index in [0.717, 1.165) is 10.4 Å². The Hall–Kier alpha value is -4.38. The second-order valence-electron chi connectivity index (χ2n) is 7.22. The Morgan fingerprint density at radius 2 is 1.91 bits per heavy atom. The molecule has 11 heteroatoms. The van der Waals surface area contributed by atoms with Crippen LogP contribution in [0.15, 0.2) is 67.4 Å². The highest BCUT2D eigenvalue weighted by atomic mass is 32.1. The molecule has 0 spiro atoms. The van der Waals surface area contributed by atoms with E-state index < -0.39 is 23.9 Å². The maximum Gasteiger partial charge on any atom is 0.341 e. The third kappa shape index (κ3) is 5.58. The number of benzene rings is 1. The Morgan fingerprint density at radius 1 is 1.11 bits per heavy atom. The Morgan fingerprint density at radius 3 is 2.57 bits per heavy atom. The van der Waals surface area contributed by atoms with E-state index in [9.17, 15) is 14.4 Å². The van der Waals surface area contributed by atoms with Crippen LogP contribution < -0.4 is 5.32 Å². The number of carbonyl (C=O) groups excluding carboxylic acids is 3. The second-order valence-corrected chi connectivity index (χ2v) is 8.27. The molecule has 10 nitrogen and oxygen atoms in total. The van der Waals surface area contributed by atoms with Gasteiger partial charge >= 0.3 is 11.9 Å². The molecule has 0 radical (unpaired) electrons. The summed E-state index contributed by atoms with van der Waals surface area (Å²) in [5, 5.41) is 6.97. The number of hydrogen-bond donors (Lipinski definition) is 1. The largest absolute Gasteiger partial charge is 0.462 e. The SMILES string of the molecule is CCOC(=O)c1cc(-c2ccccc2)sc1NC(=O)[C@@H](C)OC(=O)c1ccc(-n2cncn2)nc1. The third-order valence-electron chi connectivity index (χ3n) is 4.81. The standard InChI is InChI=1S/C24H21N5O5S/c1-3-33-24(32)18-11-19(16-7-5-4-6-8-16)35-22(18)28-21(30)15(2)34-23(31)17-9-10-20(26-12-17)29-14-25-13-27-29/h4-15H,3H2,1-2H3,(H,28,30)/t15-/m1/s1. The van der Waals surface area contributed by atoms with Gasteiger partial charge in [0.1, 0.15) is 17.7 Å². The van der Waals surface area contributed by atoms with Crippen molar-refractivity contribution in [1.82, 2.24) is 19.7 Å². The number of esters is 2. The zero-order chi connectivity index (χ0) is 24.8. The molecule has 0 aliphatic carbocycles. The summed E-state index contributed by atoms with van der Waals surface area (Å²) in [6.45, 7) is 3.34. The average Bonchev–Trinajstić information content (AvgIpc) is 3.55. The molecule has 0 unspecified atom stereocenters. The third-order valence-corrected chi connectivity index (χ3v) is 5.91. The molecule has 4 aromatic rings. The highest BCUT2D eigenvalue weighted by Crippen LogP contribution is 2.36. The highest BCUT2D eigenvalue weighted by molar-refractivity contribution is 7.20. The van der Waals surface area contributed by atoms with Crippen LogP contribution in [0.25, 0.3) is 16.3 Å². The molecule has 0 bridgehead atoms. The Bertz CT molecular complexity index is 1320. The molecular formula is C24H21N5O5S. The molecule has 35 heavy (non-hydrogen) atoms. The van der Waals surface area contributed by atoms with Crippen LogP contribution in [-0.2, 0) is 14.3 Å². The summed E-state index contributed by atoms with van der Waals surface area (Å²) in [6.07, 6.45) is 3.04. The lowest BCUT2D eigenvalue weighted by molar-refractivity contribution is -0.123. The maximum atomic E-state index is 12.8. The number of rotatable bonds is 8. The van der Waals surface area contributed by atoms with E-state index in [-0.39, 0.29) is 17.7 Å². The number of nitrogens with zero attached hydrogens (tertiary/aromatic N) is 4. The van der Waals surface area contributed by atoms with Gasteiger partial charge in [-0.2, -0.15) is 5.10 Å². The van der Waals surface area contributed by atoms with Crippen molar-refractivity contribution in [2.75, 3.05) is 11.9 Å². The summed E-state index contributed by atoms with van der Waals surface area (Å²) >= 11 is 1.23. The minimum atomic E-state index is -1.13. The lowest BCUT2D eigenvalue weighted by atomic mass is 10.1. The molecule has 178 valence electrons. The number of amides is 1. The summed E-state index contributed by atoms with van der Waals surface area (Å²) < 4.78 is 11.9. The molecule has 0 aliphatic heterocycles. The maximum absolute atomic E-state index is 12.8. The molecule has 1 N–H and O–H groups in total. The quantitative estimate of drug-likeness (QED) is 0.370. The van der Waals surface area contributed by atoms with Crippen LogP contribution in [0.5, 0.6) is 0 Å². The number of hydrogen-bond acceptors (Lipinski definition) is 9. The van der Waals surface area contributed by atoms with Gasteiger partial charge < -0.3 is 14.8 Å². The van der Waals surface area contributed by atoms with Gasteiger partial charge in [0.25, 0.3) is 5.91 Å². The lowest BCUT2D eigenvalue weighted by Crippen LogP contribution is -2.30. The van der Waals surface area contributed by atoms with Crippen molar-refractivity contribution < 1.29 is 23.9 Å². The summed E-state index contributed by atoms with van der Waals surface area (Å²) in [5.74, 6) is -1.38. The van der Waals surface area contributed by atoms with Gasteiger partial charge in [-0.25, -0.2) is 24.2 Å². The number of pyridine rings is 1. The van der Waals surface area contributed by atoms with Gasteiger partial charge in [0, 0.05) is 11.1 Å². The van der Waals surface area contributed by atoms with Crippen LogP contribution in [-0.4, -0.2) is 50.3 Å². The minimum Gasteiger partial charge on any atom is -0.462 e. The van der Waals surface area contributed by atoms with Crippen LogP contribution in [0.4, 0.5) is 5.00 Å². The zero-order valence-electron chi connectivity index (χ0n) is 18.9. The lowest BCUT2D eigenvalue weighted by Gasteiger charge is -2.13.